The maximum atomic E-state index is 10.4. The molecule has 0 saturated heterocycles. The summed E-state index contributed by atoms with van der Waals surface area (Å²) in [5.41, 5.74) is 11.8. The van der Waals surface area contributed by atoms with Crippen LogP contribution in [0.5, 0.6) is 5.75 Å². The van der Waals surface area contributed by atoms with E-state index >= 15 is 0 Å². The van der Waals surface area contributed by atoms with Crippen LogP contribution >= 0.6 is 11.3 Å². The van der Waals surface area contributed by atoms with Crippen molar-refractivity contribution in [3.63, 3.8) is 0 Å². The third kappa shape index (κ3) is 6.11. The standard InChI is InChI=1S/C22H24N2OS.C6H6N2O/c1-14(2)25-20-12-11-17(13-15(20)3)21-23-24-22(26-21)19-10-6-8-16-7-4-5-9-18(16)19;7-6(9)5-2-1-3-8-4-5/h6,8,10-14H,4-5,7,9H2,1-3H3;1-4H,(H2,7,9). The molecule has 1 amide bonds. The fourth-order valence-corrected chi connectivity index (χ4v) is 5.00. The highest BCUT2D eigenvalue weighted by Gasteiger charge is 2.17. The minimum absolute atomic E-state index is 0.178. The molecule has 0 spiro atoms. The smallest absolute Gasteiger partial charge is 0.250 e. The molecule has 0 radical (unpaired) electrons. The van der Waals surface area contributed by atoms with Crippen LogP contribution in [0, 0.1) is 6.92 Å². The minimum atomic E-state index is -0.442. The van der Waals surface area contributed by atoms with E-state index in [0.29, 0.717) is 5.56 Å². The molecule has 7 heteroatoms. The van der Waals surface area contributed by atoms with Crippen LogP contribution in [-0.4, -0.2) is 27.2 Å². The van der Waals surface area contributed by atoms with Crippen molar-refractivity contribution in [1.82, 2.24) is 15.2 Å². The van der Waals surface area contributed by atoms with Gasteiger partial charge in [0.15, 0.2) is 0 Å². The van der Waals surface area contributed by atoms with Crippen LogP contribution in [0.1, 0.15) is 53.7 Å². The van der Waals surface area contributed by atoms with E-state index in [9.17, 15) is 4.79 Å². The average Bonchev–Trinajstić information content (AvgIpc) is 3.36. The number of aromatic nitrogens is 3. The molecule has 6 nitrogen and oxygen atoms in total. The number of amides is 1. The summed E-state index contributed by atoms with van der Waals surface area (Å²) in [5, 5.41) is 11.0. The zero-order chi connectivity index (χ0) is 24.8. The van der Waals surface area contributed by atoms with Crippen LogP contribution in [0.15, 0.2) is 60.9 Å². The van der Waals surface area contributed by atoms with Crippen molar-refractivity contribution in [3.8, 4) is 26.9 Å². The van der Waals surface area contributed by atoms with Crippen molar-refractivity contribution in [2.45, 2.75) is 52.6 Å². The molecule has 0 atom stereocenters. The van der Waals surface area contributed by atoms with Gasteiger partial charge in [-0.1, -0.05) is 29.5 Å². The van der Waals surface area contributed by atoms with E-state index in [1.807, 2.05) is 19.9 Å². The number of aryl methyl sites for hydroxylation is 2. The molecule has 1 aliphatic carbocycles. The van der Waals surface area contributed by atoms with Crippen molar-refractivity contribution >= 4 is 17.2 Å². The second-order valence-corrected chi connectivity index (χ2v) is 9.79. The number of benzene rings is 2. The topological polar surface area (TPSA) is 91.0 Å². The monoisotopic (exact) mass is 486 g/mol. The Labute approximate surface area is 210 Å². The van der Waals surface area contributed by atoms with Crippen molar-refractivity contribution in [2.24, 2.45) is 5.73 Å². The van der Waals surface area contributed by atoms with E-state index in [4.69, 9.17) is 10.5 Å². The number of carbonyl (C=O) groups is 1. The predicted molar refractivity (Wildman–Crippen MR) is 141 cm³/mol. The van der Waals surface area contributed by atoms with E-state index in [-0.39, 0.29) is 6.10 Å². The van der Waals surface area contributed by atoms with E-state index in [1.165, 1.54) is 42.1 Å². The van der Waals surface area contributed by atoms with Gasteiger partial charge in [0.1, 0.15) is 15.8 Å². The Morgan fingerprint density at radius 1 is 1.03 bits per heavy atom. The molecule has 2 heterocycles. The molecule has 0 unspecified atom stereocenters. The summed E-state index contributed by atoms with van der Waals surface area (Å²) >= 11 is 1.68. The molecule has 0 aliphatic heterocycles. The Balaban J connectivity index is 0.000000271. The fourth-order valence-electron chi connectivity index (χ4n) is 4.11. The van der Waals surface area contributed by atoms with Crippen LogP contribution in [0.3, 0.4) is 0 Å². The number of pyridine rings is 1. The fraction of sp³-hybridized carbons (Fsp3) is 0.286. The molecule has 180 valence electrons. The second kappa shape index (κ2) is 11.2. The van der Waals surface area contributed by atoms with Gasteiger partial charge in [-0.05, 0) is 93.5 Å². The van der Waals surface area contributed by atoms with Crippen molar-refractivity contribution in [2.75, 3.05) is 0 Å². The maximum absolute atomic E-state index is 10.4. The normalized spacial score (nSPS) is 12.5. The Morgan fingerprint density at radius 3 is 2.51 bits per heavy atom. The predicted octanol–water partition coefficient (Wildman–Crippen LogP) is 6.03. The number of ether oxygens (including phenoxy) is 1. The SMILES string of the molecule is Cc1cc(-c2nnc(-c3cccc4c3CCCC4)s2)ccc1OC(C)C.NC(=O)c1cccnc1. The maximum Gasteiger partial charge on any atom is 0.250 e. The lowest BCUT2D eigenvalue weighted by molar-refractivity contribution is 0.1000. The van der Waals surface area contributed by atoms with E-state index in [1.54, 1.807) is 29.7 Å². The lowest BCUT2D eigenvalue weighted by Crippen LogP contribution is -2.10. The molecule has 5 rings (SSSR count). The van der Waals surface area contributed by atoms with Crippen LogP contribution in [-0.2, 0) is 12.8 Å². The Kier molecular flexibility index (Phi) is 7.87. The van der Waals surface area contributed by atoms with Gasteiger partial charge < -0.3 is 10.5 Å². The molecular formula is C28H30N4O2S. The molecule has 0 saturated carbocycles. The summed E-state index contributed by atoms with van der Waals surface area (Å²) in [6, 6.07) is 16.2. The zero-order valence-corrected chi connectivity index (χ0v) is 21.1. The van der Waals surface area contributed by atoms with Gasteiger partial charge in [-0.15, -0.1) is 10.2 Å². The van der Waals surface area contributed by atoms with Gasteiger partial charge in [0.2, 0.25) is 5.91 Å². The molecule has 1 aliphatic rings. The summed E-state index contributed by atoms with van der Waals surface area (Å²) < 4.78 is 5.84. The molecule has 35 heavy (non-hydrogen) atoms. The number of carbonyl (C=O) groups excluding carboxylic acids is 1. The first-order chi connectivity index (χ1) is 16.9. The molecule has 0 fully saturated rings. The number of nitrogens with zero attached hydrogens (tertiary/aromatic N) is 3. The summed E-state index contributed by atoms with van der Waals surface area (Å²) in [6.07, 6.45) is 8.10. The van der Waals surface area contributed by atoms with Crippen molar-refractivity contribution in [1.29, 1.82) is 0 Å². The lowest BCUT2D eigenvalue weighted by Gasteiger charge is -2.17. The molecule has 4 aromatic rings. The molecule has 2 aromatic carbocycles. The lowest BCUT2D eigenvalue weighted by atomic mass is 9.88. The van der Waals surface area contributed by atoms with E-state index in [2.05, 4.69) is 52.4 Å². The van der Waals surface area contributed by atoms with Gasteiger partial charge in [-0.3, -0.25) is 9.78 Å². The molecule has 2 N–H and O–H groups in total. The van der Waals surface area contributed by atoms with Gasteiger partial charge in [-0.25, -0.2) is 0 Å². The van der Waals surface area contributed by atoms with E-state index < -0.39 is 5.91 Å². The van der Waals surface area contributed by atoms with Gasteiger partial charge in [0, 0.05) is 23.5 Å². The highest BCUT2D eigenvalue weighted by molar-refractivity contribution is 7.17. The van der Waals surface area contributed by atoms with Crippen LogP contribution < -0.4 is 10.5 Å². The number of hydrogen-bond donors (Lipinski definition) is 1. The quantitative estimate of drug-likeness (QED) is 0.372. The first-order valence-electron chi connectivity index (χ1n) is 11.8. The molecule has 2 aromatic heterocycles. The van der Waals surface area contributed by atoms with Gasteiger partial charge in [-0.2, -0.15) is 0 Å². The van der Waals surface area contributed by atoms with Crippen LogP contribution in [0.2, 0.25) is 0 Å². The molecular weight excluding hydrogens is 456 g/mol. The summed E-state index contributed by atoms with van der Waals surface area (Å²) in [7, 11) is 0. The molecule has 0 bridgehead atoms. The Hall–Kier alpha value is -3.58. The van der Waals surface area contributed by atoms with Gasteiger partial charge >= 0.3 is 0 Å². The number of rotatable bonds is 5. The number of hydrogen-bond acceptors (Lipinski definition) is 6. The first kappa shape index (κ1) is 24.5. The summed E-state index contributed by atoms with van der Waals surface area (Å²) in [4.78, 5) is 14.1. The van der Waals surface area contributed by atoms with E-state index in [0.717, 1.165) is 33.3 Å². The largest absolute Gasteiger partial charge is 0.491 e. The summed E-state index contributed by atoms with van der Waals surface area (Å²) in [5.74, 6) is 0.494. The summed E-state index contributed by atoms with van der Waals surface area (Å²) in [6.45, 7) is 6.17. The number of fused-ring (bicyclic) bond motifs is 1. The second-order valence-electron chi connectivity index (χ2n) is 8.82. The minimum Gasteiger partial charge on any atom is -0.491 e. The average molecular weight is 487 g/mol. The van der Waals surface area contributed by atoms with Crippen LogP contribution in [0.25, 0.3) is 21.1 Å². The highest BCUT2D eigenvalue weighted by Crippen LogP contribution is 2.36. The zero-order valence-electron chi connectivity index (χ0n) is 20.3. The van der Waals surface area contributed by atoms with Gasteiger partial charge in [0.05, 0.1) is 11.7 Å². The number of primary amides is 1. The highest BCUT2D eigenvalue weighted by atomic mass is 32.1. The van der Waals surface area contributed by atoms with Crippen molar-refractivity contribution in [3.05, 3.63) is 83.2 Å². The van der Waals surface area contributed by atoms with Gasteiger partial charge in [0.25, 0.3) is 0 Å². The van der Waals surface area contributed by atoms with Crippen LogP contribution in [0.4, 0.5) is 0 Å². The third-order valence-electron chi connectivity index (χ3n) is 5.78. The first-order valence-corrected chi connectivity index (χ1v) is 12.7. The van der Waals surface area contributed by atoms with Crippen molar-refractivity contribution < 1.29 is 9.53 Å². The number of nitrogens with two attached hydrogens (primary N) is 1. The Bertz CT molecular complexity index is 1300. The Morgan fingerprint density at radius 2 is 1.83 bits per heavy atom. The third-order valence-corrected chi connectivity index (χ3v) is 6.79.